The van der Waals surface area contributed by atoms with Gasteiger partial charge in [-0.05, 0) is 13.3 Å². The molecule has 2 heterocycles. The van der Waals surface area contributed by atoms with Crippen LogP contribution in [0.3, 0.4) is 0 Å². The van der Waals surface area contributed by atoms with E-state index in [1.165, 1.54) is 0 Å². The molecule has 2 aliphatic rings. The van der Waals surface area contributed by atoms with Gasteiger partial charge in [0, 0.05) is 32.8 Å². The average molecular weight is 227 g/mol. The van der Waals surface area contributed by atoms with Crippen molar-refractivity contribution in [3.05, 3.63) is 0 Å². The maximum Gasteiger partial charge on any atom is 0.234 e. The van der Waals surface area contributed by atoms with Gasteiger partial charge in [0.05, 0.1) is 18.7 Å². The molecule has 0 aliphatic carbocycles. The Balaban J connectivity index is 1.74. The first kappa shape index (κ1) is 11.8. The number of amides is 1. The molecule has 2 rings (SSSR count). The van der Waals surface area contributed by atoms with E-state index in [9.17, 15) is 4.79 Å². The minimum absolute atomic E-state index is 0.120. The van der Waals surface area contributed by atoms with Gasteiger partial charge in [-0.25, -0.2) is 0 Å². The van der Waals surface area contributed by atoms with E-state index in [-0.39, 0.29) is 11.4 Å². The van der Waals surface area contributed by atoms with Crippen molar-refractivity contribution in [3.8, 4) is 0 Å². The summed E-state index contributed by atoms with van der Waals surface area (Å²) in [4.78, 5) is 14.0. The number of hydrogen-bond acceptors (Lipinski definition) is 4. The van der Waals surface area contributed by atoms with Crippen molar-refractivity contribution < 1.29 is 9.53 Å². The third kappa shape index (κ3) is 3.17. The molecule has 1 unspecified atom stereocenters. The minimum Gasteiger partial charge on any atom is -0.379 e. The molecule has 0 aromatic heterocycles. The monoisotopic (exact) mass is 227 g/mol. The van der Waals surface area contributed by atoms with Gasteiger partial charge in [0.15, 0.2) is 0 Å². The van der Waals surface area contributed by atoms with Crippen LogP contribution < -0.4 is 10.6 Å². The molecule has 2 fully saturated rings. The number of rotatable bonds is 3. The highest BCUT2D eigenvalue weighted by Crippen LogP contribution is 2.17. The van der Waals surface area contributed by atoms with Gasteiger partial charge in [-0.15, -0.1) is 0 Å². The van der Waals surface area contributed by atoms with Crippen molar-refractivity contribution in [1.29, 1.82) is 0 Å². The van der Waals surface area contributed by atoms with Gasteiger partial charge in [0.2, 0.25) is 5.91 Å². The van der Waals surface area contributed by atoms with E-state index in [1.807, 2.05) is 0 Å². The number of ether oxygens (including phenoxy) is 1. The quantitative estimate of drug-likeness (QED) is 0.662. The Morgan fingerprint density at radius 2 is 2.25 bits per heavy atom. The lowest BCUT2D eigenvalue weighted by molar-refractivity contribution is -0.124. The highest BCUT2D eigenvalue weighted by molar-refractivity contribution is 5.78. The van der Waals surface area contributed by atoms with Gasteiger partial charge < -0.3 is 15.4 Å². The van der Waals surface area contributed by atoms with Gasteiger partial charge >= 0.3 is 0 Å². The zero-order valence-corrected chi connectivity index (χ0v) is 9.92. The van der Waals surface area contributed by atoms with Crippen LogP contribution in [0.15, 0.2) is 0 Å². The van der Waals surface area contributed by atoms with E-state index >= 15 is 0 Å². The van der Waals surface area contributed by atoms with Crippen LogP contribution in [0.25, 0.3) is 0 Å². The minimum atomic E-state index is -0.148. The molecule has 0 saturated carbocycles. The Hall–Kier alpha value is -0.650. The summed E-state index contributed by atoms with van der Waals surface area (Å²) in [6.07, 6.45) is 0.917. The van der Waals surface area contributed by atoms with Crippen LogP contribution in [0, 0.1) is 0 Å². The normalized spacial score (nSPS) is 31.6. The molecule has 0 aromatic carbocycles. The molecule has 2 N–H and O–H groups in total. The van der Waals surface area contributed by atoms with Crippen LogP contribution in [-0.4, -0.2) is 62.3 Å². The highest BCUT2D eigenvalue weighted by Gasteiger charge is 2.31. The van der Waals surface area contributed by atoms with Crippen LogP contribution in [0.1, 0.15) is 13.3 Å². The second-order valence-corrected chi connectivity index (χ2v) is 4.94. The lowest BCUT2D eigenvalue weighted by atomic mass is 10.0. The van der Waals surface area contributed by atoms with E-state index in [1.54, 1.807) is 0 Å². The summed E-state index contributed by atoms with van der Waals surface area (Å²) in [6.45, 7) is 7.83. The average Bonchev–Trinajstić information content (AvgIpc) is 2.66. The SMILES string of the molecule is CC1(NC(=O)CN2CCNCC2)CCOC1. The Morgan fingerprint density at radius 1 is 1.50 bits per heavy atom. The van der Waals surface area contributed by atoms with Gasteiger partial charge in [-0.2, -0.15) is 0 Å². The van der Waals surface area contributed by atoms with E-state index in [2.05, 4.69) is 22.5 Å². The van der Waals surface area contributed by atoms with Crippen LogP contribution in [0.2, 0.25) is 0 Å². The fourth-order valence-electron chi connectivity index (χ4n) is 2.21. The molecular formula is C11H21N3O2. The Morgan fingerprint density at radius 3 is 2.88 bits per heavy atom. The number of carbonyl (C=O) groups is 1. The number of piperazine rings is 1. The van der Waals surface area contributed by atoms with Crippen LogP contribution in [0.5, 0.6) is 0 Å². The largest absolute Gasteiger partial charge is 0.379 e. The Labute approximate surface area is 96.5 Å². The first-order chi connectivity index (χ1) is 7.68. The molecule has 2 saturated heterocycles. The number of nitrogens with one attached hydrogen (secondary N) is 2. The summed E-state index contributed by atoms with van der Waals surface area (Å²) in [5.41, 5.74) is -0.148. The molecule has 0 radical (unpaired) electrons. The highest BCUT2D eigenvalue weighted by atomic mass is 16.5. The lowest BCUT2D eigenvalue weighted by Crippen LogP contribution is -2.52. The standard InChI is InChI=1S/C11H21N3O2/c1-11(2-7-16-9-11)13-10(15)8-14-5-3-12-4-6-14/h12H,2-9H2,1H3,(H,13,15). The molecular weight excluding hydrogens is 206 g/mol. The predicted octanol–water partition coefficient (Wildman–Crippen LogP) is -0.813. The van der Waals surface area contributed by atoms with Crippen LogP contribution >= 0.6 is 0 Å². The molecule has 0 spiro atoms. The lowest BCUT2D eigenvalue weighted by Gasteiger charge is -2.29. The van der Waals surface area contributed by atoms with Crippen molar-refractivity contribution in [2.24, 2.45) is 0 Å². The molecule has 5 nitrogen and oxygen atoms in total. The predicted molar refractivity (Wildman–Crippen MR) is 61.3 cm³/mol. The number of hydrogen-bond donors (Lipinski definition) is 2. The first-order valence-electron chi connectivity index (χ1n) is 6.00. The second kappa shape index (κ2) is 5.12. The molecule has 0 aromatic rings. The van der Waals surface area contributed by atoms with Crippen LogP contribution in [-0.2, 0) is 9.53 Å². The van der Waals surface area contributed by atoms with E-state index in [4.69, 9.17) is 4.74 Å². The zero-order valence-electron chi connectivity index (χ0n) is 9.92. The smallest absolute Gasteiger partial charge is 0.234 e. The summed E-state index contributed by atoms with van der Waals surface area (Å²) in [5.74, 6) is 0.120. The summed E-state index contributed by atoms with van der Waals surface area (Å²) < 4.78 is 5.31. The molecule has 16 heavy (non-hydrogen) atoms. The summed E-state index contributed by atoms with van der Waals surface area (Å²) in [6, 6.07) is 0. The summed E-state index contributed by atoms with van der Waals surface area (Å²) in [5, 5.41) is 6.35. The van der Waals surface area contributed by atoms with Gasteiger partial charge in [0.1, 0.15) is 0 Å². The molecule has 1 atom stereocenters. The Bertz CT molecular complexity index is 246. The van der Waals surface area contributed by atoms with Crippen molar-refractivity contribution in [3.63, 3.8) is 0 Å². The topological polar surface area (TPSA) is 53.6 Å². The van der Waals surface area contributed by atoms with Crippen molar-refractivity contribution in [2.75, 3.05) is 45.9 Å². The zero-order chi connectivity index (χ0) is 11.4. The van der Waals surface area contributed by atoms with Gasteiger partial charge in [-0.3, -0.25) is 9.69 Å². The van der Waals surface area contributed by atoms with Crippen molar-refractivity contribution in [1.82, 2.24) is 15.5 Å². The number of carbonyl (C=O) groups excluding carboxylic acids is 1. The van der Waals surface area contributed by atoms with Gasteiger partial charge in [-0.1, -0.05) is 0 Å². The number of nitrogens with zero attached hydrogens (tertiary/aromatic N) is 1. The summed E-state index contributed by atoms with van der Waals surface area (Å²) >= 11 is 0. The first-order valence-corrected chi connectivity index (χ1v) is 6.00. The third-order valence-electron chi connectivity index (χ3n) is 3.24. The van der Waals surface area contributed by atoms with Crippen molar-refractivity contribution >= 4 is 5.91 Å². The molecule has 92 valence electrons. The molecule has 5 heteroatoms. The molecule has 1 amide bonds. The fourth-order valence-corrected chi connectivity index (χ4v) is 2.21. The maximum atomic E-state index is 11.8. The third-order valence-corrected chi connectivity index (χ3v) is 3.24. The van der Waals surface area contributed by atoms with E-state index in [0.717, 1.165) is 39.2 Å². The van der Waals surface area contributed by atoms with Crippen molar-refractivity contribution in [2.45, 2.75) is 18.9 Å². The van der Waals surface area contributed by atoms with E-state index < -0.39 is 0 Å². The molecule has 2 aliphatic heterocycles. The molecule has 0 bridgehead atoms. The second-order valence-electron chi connectivity index (χ2n) is 4.94. The maximum absolute atomic E-state index is 11.8. The van der Waals surface area contributed by atoms with E-state index in [0.29, 0.717) is 13.2 Å². The summed E-state index contributed by atoms with van der Waals surface area (Å²) in [7, 11) is 0. The Kier molecular flexibility index (Phi) is 3.78. The van der Waals surface area contributed by atoms with Crippen LogP contribution in [0.4, 0.5) is 0 Å². The van der Waals surface area contributed by atoms with Gasteiger partial charge in [0.25, 0.3) is 0 Å². The fraction of sp³-hybridized carbons (Fsp3) is 0.909.